The molecule has 2 heterocycles. The van der Waals surface area contributed by atoms with Crippen LogP contribution in [0, 0.1) is 0 Å². The molecule has 0 bridgehead atoms. The number of carboxylic acid groups (broad SMARTS) is 1. The monoisotopic (exact) mass is 494 g/mol. The van der Waals surface area contributed by atoms with Crippen LogP contribution in [0.3, 0.4) is 0 Å². The number of aliphatic carboxylic acids is 1. The molecule has 0 spiro atoms. The number of unbranched alkanes of at least 4 members (excludes halogenated alkanes) is 1. The van der Waals surface area contributed by atoms with Crippen molar-refractivity contribution < 1.29 is 14.7 Å². The minimum absolute atomic E-state index is 0.101. The summed E-state index contributed by atoms with van der Waals surface area (Å²) in [6, 6.07) is 31.5. The van der Waals surface area contributed by atoms with Crippen LogP contribution in [0.5, 0.6) is 0 Å². The topological polar surface area (TPSA) is 88.7 Å². The van der Waals surface area contributed by atoms with E-state index in [1.165, 1.54) is 0 Å². The summed E-state index contributed by atoms with van der Waals surface area (Å²) in [6.45, 7) is 0.727. The molecule has 4 aromatic rings. The number of rotatable bonds is 11. The number of oxime groups is 1. The number of imidazole rings is 1. The molecule has 1 aliphatic rings. The molecule has 7 heteroatoms. The molecule has 1 unspecified atom stereocenters. The zero-order valence-corrected chi connectivity index (χ0v) is 20.5. The molecule has 3 aromatic carbocycles. The molecule has 0 radical (unpaired) electrons. The smallest absolute Gasteiger partial charge is 0.353 e. The quantitative estimate of drug-likeness (QED) is 0.211. The minimum Gasteiger partial charge on any atom is -0.477 e. The first-order valence-corrected chi connectivity index (χ1v) is 12.6. The number of benzene rings is 3. The van der Waals surface area contributed by atoms with Gasteiger partial charge in [-0.2, -0.15) is 0 Å². The van der Waals surface area contributed by atoms with Crippen LogP contribution in [-0.2, 0) is 15.2 Å². The molecule has 7 nitrogen and oxygen atoms in total. The maximum absolute atomic E-state index is 11.0. The summed E-state index contributed by atoms with van der Waals surface area (Å²) in [7, 11) is 0. The van der Waals surface area contributed by atoms with E-state index in [9.17, 15) is 4.79 Å². The highest BCUT2D eigenvalue weighted by Gasteiger charge is 2.39. The van der Waals surface area contributed by atoms with Gasteiger partial charge in [-0.05, 0) is 36.0 Å². The van der Waals surface area contributed by atoms with Crippen LogP contribution in [0.4, 0.5) is 5.95 Å². The molecular formula is C30H30N4O3. The van der Waals surface area contributed by atoms with Crippen LogP contribution in [0.25, 0.3) is 0 Å². The lowest BCUT2D eigenvalue weighted by atomic mass is 9.76. The van der Waals surface area contributed by atoms with E-state index in [1.807, 2.05) is 30.6 Å². The third-order valence-corrected chi connectivity index (χ3v) is 6.79. The molecule has 1 aliphatic heterocycles. The first-order valence-electron chi connectivity index (χ1n) is 12.6. The van der Waals surface area contributed by atoms with Gasteiger partial charge in [0.2, 0.25) is 5.95 Å². The zero-order chi connectivity index (χ0) is 25.5. The van der Waals surface area contributed by atoms with Crippen molar-refractivity contribution >= 4 is 17.6 Å². The van der Waals surface area contributed by atoms with E-state index >= 15 is 0 Å². The Morgan fingerprint density at radius 1 is 0.919 bits per heavy atom. The molecule has 1 aromatic heterocycles. The molecule has 2 N–H and O–H groups in total. The van der Waals surface area contributed by atoms with Crippen molar-refractivity contribution in [1.82, 2.24) is 9.55 Å². The number of nitrogens with zero attached hydrogens (tertiary/aromatic N) is 3. The summed E-state index contributed by atoms with van der Waals surface area (Å²) in [5, 5.41) is 16.3. The third-order valence-electron chi connectivity index (χ3n) is 6.79. The second-order valence-corrected chi connectivity index (χ2v) is 9.13. The summed E-state index contributed by atoms with van der Waals surface area (Å²) in [6.07, 6.45) is 6.62. The van der Waals surface area contributed by atoms with Crippen LogP contribution in [0.15, 0.2) is 109 Å². The van der Waals surface area contributed by atoms with Gasteiger partial charge in [0, 0.05) is 25.4 Å². The van der Waals surface area contributed by atoms with Crippen molar-refractivity contribution in [1.29, 1.82) is 0 Å². The minimum atomic E-state index is -1.00. The van der Waals surface area contributed by atoms with Gasteiger partial charge in [0.1, 0.15) is 11.6 Å². The van der Waals surface area contributed by atoms with Crippen molar-refractivity contribution in [3.05, 3.63) is 120 Å². The summed E-state index contributed by atoms with van der Waals surface area (Å²) in [5.74, 6) is -0.222. The van der Waals surface area contributed by atoms with Crippen molar-refractivity contribution in [2.24, 2.45) is 5.16 Å². The highest BCUT2D eigenvalue weighted by atomic mass is 16.6. The Balaban J connectivity index is 1.40. The molecule has 37 heavy (non-hydrogen) atoms. The van der Waals surface area contributed by atoms with Crippen LogP contribution in [0.2, 0.25) is 0 Å². The summed E-state index contributed by atoms with van der Waals surface area (Å²) in [5.41, 5.74) is 2.90. The van der Waals surface area contributed by atoms with E-state index in [-0.39, 0.29) is 11.8 Å². The van der Waals surface area contributed by atoms with E-state index < -0.39 is 11.5 Å². The van der Waals surface area contributed by atoms with Gasteiger partial charge < -0.3 is 15.3 Å². The third kappa shape index (κ3) is 4.98. The SMILES string of the molecule is O=C(O)C1=NOC(CCCCNc2nccn2C(c2ccccc2)(c2ccccc2)c2ccccc2)C1. The zero-order valence-electron chi connectivity index (χ0n) is 20.5. The van der Waals surface area contributed by atoms with Crippen LogP contribution in [-0.4, -0.2) is 39.0 Å². The summed E-state index contributed by atoms with van der Waals surface area (Å²) in [4.78, 5) is 21.0. The molecule has 188 valence electrons. The normalized spacial score (nSPS) is 15.1. The van der Waals surface area contributed by atoms with Gasteiger partial charge in [-0.1, -0.05) is 96.2 Å². The maximum atomic E-state index is 11.0. The first-order chi connectivity index (χ1) is 18.2. The standard InChI is InChI=1S/C30H30N4O3/c35-28(36)27-22-26(37-33-27)18-10-11-19-31-29-32-20-21-34(29)30(23-12-4-1-5-13-23,24-14-6-2-7-15-24)25-16-8-3-9-17-25/h1-9,12-17,20-21,26H,10-11,18-19,22H2,(H,31,32)(H,35,36). The highest BCUT2D eigenvalue weighted by Crippen LogP contribution is 2.42. The molecule has 0 saturated heterocycles. The average Bonchev–Trinajstić information content (AvgIpc) is 3.62. The highest BCUT2D eigenvalue weighted by molar-refractivity contribution is 6.35. The molecule has 0 saturated carbocycles. The number of nitrogens with one attached hydrogen (secondary N) is 1. The number of aromatic nitrogens is 2. The number of hydrogen-bond acceptors (Lipinski definition) is 5. The fourth-order valence-corrected chi connectivity index (χ4v) is 5.07. The van der Waals surface area contributed by atoms with Gasteiger partial charge in [0.25, 0.3) is 0 Å². The summed E-state index contributed by atoms with van der Waals surface area (Å²) >= 11 is 0. The van der Waals surface area contributed by atoms with Crippen LogP contribution >= 0.6 is 0 Å². The fraction of sp³-hybridized carbons (Fsp3) is 0.233. The van der Waals surface area contributed by atoms with Crippen molar-refractivity contribution in [2.75, 3.05) is 11.9 Å². The Labute approximate surface area is 216 Å². The Morgan fingerprint density at radius 3 is 2.00 bits per heavy atom. The number of hydrogen-bond donors (Lipinski definition) is 2. The lowest BCUT2D eigenvalue weighted by Crippen LogP contribution is -2.38. The molecular weight excluding hydrogens is 464 g/mol. The fourth-order valence-electron chi connectivity index (χ4n) is 5.07. The van der Waals surface area contributed by atoms with Gasteiger partial charge in [0.05, 0.1) is 0 Å². The summed E-state index contributed by atoms with van der Waals surface area (Å²) < 4.78 is 2.22. The van der Waals surface area contributed by atoms with Crippen molar-refractivity contribution in [3.8, 4) is 0 Å². The Kier molecular flexibility index (Phi) is 7.31. The van der Waals surface area contributed by atoms with Gasteiger partial charge >= 0.3 is 5.97 Å². The first kappa shape index (κ1) is 24.3. The van der Waals surface area contributed by atoms with E-state index in [1.54, 1.807) is 0 Å². The second kappa shape index (κ2) is 11.1. The van der Waals surface area contributed by atoms with Crippen LogP contribution in [0.1, 0.15) is 42.4 Å². The largest absolute Gasteiger partial charge is 0.477 e. The van der Waals surface area contributed by atoms with Gasteiger partial charge in [-0.25, -0.2) is 9.78 Å². The van der Waals surface area contributed by atoms with E-state index in [0.29, 0.717) is 6.42 Å². The van der Waals surface area contributed by atoms with Gasteiger partial charge in [-0.15, -0.1) is 0 Å². The Hall–Kier alpha value is -4.39. The van der Waals surface area contributed by atoms with Crippen LogP contribution < -0.4 is 5.32 Å². The predicted molar refractivity (Wildman–Crippen MR) is 144 cm³/mol. The number of anilines is 1. The molecule has 5 rings (SSSR count). The van der Waals surface area contributed by atoms with E-state index in [4.69, 9.17) is 14.9 Å². The molecule has 0 fully saturated rings. The number of carboxylic acids is 1. The maximum Gasteiger partial charge on any atom is 0.353 e. The number of carbonyl (C=O) groups is 1. The second-order valence-electron chi connectivity index (χ2n) is 9.13. The van der Waals surface area contributed by atoms with Crippen molar-refractivity contribution in [3.63, 3.8) is 0 Å². The Bertz CT molecular complexity index is 1240. The van der Waals surface area contributed by atoms with Gasteiger partial charge in [-0.3, -0.25) is 4.57 Å². The predicted octanol–water partition coefficient (Wildman–Crippen LogP) is 5.54. The lowest BCUT2D eigenvalue weighted by Gasteiger charge is -2.38. The Morgan fingerprint density at radius 2 is 1.49 bits per heavy atom. The van der Waals surface area contributed by atoms with E-state index in [2.05, 4.69) is 87.8 Å². The molecule has 0 aliphatic carbocycles. The molecule has 0 amide bonds. The average molecular weight is 495 g/mol. The van der Waals surface area contributed by atoms with E-state index in [0.717, 1.165) is 48.4 Å². The van der Waals surface area contributed by atoms with Crippen molar-refractivity contribution in [2.45, 2.75) is 37.3 Å². The lowest BCUT2D eigenvalue weighted by molar-refractivity contribution is -0.129. The van der Waals surface area contributed by atoms with Gasteiger partial charge in [0.15, 0.2) is 5.71 Å². The molecule has 1 atom stereocenters.